The molecule has 0 bridgehead atoms. The van der Waals surface area contributed by atoms with Gasteiger partial charge in [0.1, 0.15) is 0 Å². The summed E-state index contributed by atoms with van der Waals surface area (Å²) in [5.74, 6) is -1.02. The molecule has 0 saturated carbocycles. The van der Waals surface area contributed by atoms with Crippen LogP contribution < -0.4 is 16.4 Å². The highest BCUT2D eigenvalue weighted by Crippen LogP contribution is 2.07. The Kier molecular flexibility index (Phi) is 7.67. The van der Waals surface area contributed by atoms with Crippen LogP contribution in [-0.2, 0) is 20.8 Å². The standard InChI is InChI=1S/C16H23N3O3/c1-12(10-13-6-3-2-4-7-13)16(22)19-11-15(21)18-9-5-8-14(17)20/h2-4,6-7,12H,5,8-11H2,1H3,(H2,17,20)(H,18,21)(H,19,22). The molecule has 22 heavy (non-hydrogen) atoms. The number of nitrogens with two attached hydrogens (primary N) is 1. The van der Waals surface area contributed by atoms with Gasteiger partial charge in [-0.25, -0.2) is 0 Å². The summed E-state index contributed by atoms with van der Waals surface area (Å²) in [5, 5.41) is 5.23. The van der Waals surface area contributed by atoms with Crippen LogP contribution in [0.15, 0.2) is 30.3 Å². The summed E-state index contributed by atoms with van der Waals surface area (Å²) in [4.78, 5) is 34.0. The van der Waals surface area contributed by atoms with Crippen LogP contribution in [-0.4, -0.2) is 30.8 Å². The van der Waals surface area contributed by atoms with Crippen molar-refractivity contribution < 1.29 is 14.4 Å². The van der Waals surface area contributed by atoms with E-state index < -0.39 is 5.91 Å². The van der Waals surface area contributed by atoms with Crippen LogP contribution in [0.5, 0.6) is 0 Å². The average Bonchev–Trinajstić information content (AvgIpc) is 2.50. The van der Waals surface area contributed by atoms with Crippen LogP contribution in [0, 0.1) is 5.92 Å². The van der Waals surface area contributed by atoms with Gasteiger partial charge in [0.25, 0.3) is 0 Å². The zero-order valence-electron chi connectivity index (χ0n) is 12.8. The first-order valence-electron chi connectivity index (χ1n) is 7.35. The number of hydrogen-bond donors (Lipinski definition) is 3. The third kappa shape index (κ3) is 7.42. The summed E-state index contributed by atoms with van der Waals surface area (Å²) in [6.07, 6.45) is 1.37. The van der Waals surface area contributed by atoms with Crippen LogP contribution in [0.1, 0.15) is 25.3 Å². The molecular weight excluding hydrogens is 282 g/mol. The van der Waals surface area contributed by atoms with Gasteiger partial charge in [-0.2, -0.15) is 0 Å². The summed E-state index contributed by atoms with van der Waals surface area (Å²) in [6, 6.07) is 9.72. The SMILES string of the molecule is CC(Cc1ccccc1)C(=O)NCC(=O)NCCCC(N)=O. The van der Waals surface area contributed by atoms with Crippen LogP contribution in [0.4, 0.5) is 0 Å². The second-order valence-electron chi connectivity index (χ2n) is 5.23. The van der Waals surface area contributed by atoms with E-state index in [-0.39, 0.29) is 30.7 Å². The first-order valence-corrected chi connectivity index (χ1v) is 7.35. The Hall–Kier alpha value is -2.37. The molecule has 0 heterocycles. The number of carbonyl (C=O) groups is 3. The van der Waals surface area contributed by atoms with Gasteiger partial charge in [-0.05, 0) is 18.4 Å². The first kappa shape index (κ1) is 17.7. The normalized spacial score (nSPS) is 11.5. The van der Waals surface area contributed by atoms with E-state index >= 15 is 0 Å². The molecule has 0 spiro atoms. The maximum atomic E-state index is 11.9. The Morgan fingerprint density at radius 3 is 2.45 bits per heavy atom. The van der Waals surface area contributed by atoms with Gasteiger partial charge < -0.3 is 16.4 Å². The van der Waals surface area contributed by atoms with Crippen molar-refractivity contribution in [3.63, 3.8) is 0 Å². The van der Waals surface area contributed by atoms with E-state index in [9.17, 15) is 14.4 Å². The topological polar surface area (TPSA) is 101 Å². The molecule has 1 aromatic carbocycles. The van der Waals surface area contributed by atoms with Crippen molar-refractivity contribution in [1.29, 1.82) is 0 Å². The molecule has 0 radical (unpaired) electrons. The first-order chi connectivity index (χ1) is 10.5. The minimum Gasteiger partial charge on any atom is -0.370 e. The fourth-order valence-corrected chi connectivity index (χ4v) is 1.95. The molecule has 0 fully saturated rings. The average molecular weight is 305 g/mol. The number of benzene rings is 1. The molecule has 1 unspecified atom stereocenters. The molecule has 0 saturated heterocycles. The fraction of sp³-hybridized carbons (Fsp3) is 0.438. The number of carbonyl (C=O) groups excluding carboxylic acids is 3. The molecule has 1 rings (SSSR count). The van der Waals surface area contributed by atoms with Crippen molar-refractivity contribution in [3.8, 4) is 0 Å². The van der Waals surface area contributed by atoms with Crippen LogP contribution >= 0.6 is 0 Å². The number of hydrogen-bond acceptors (Lipinski definition) is 3. The minimum atomic E-state index is -0.391. The van der Waals surface area contributed by atoms with Crippen LogP contribution in [0.2, 0.25) is 0 Å². The van der Waals surface area contributed by atoms with Gasteiger partial charge in [0, 0.05) is 18.9 Å². The van der Waals surface area contributed by atoms with Crippen molar-refractivity contribution in [2.75, 3.05) is 13.1 Å². The Morgan fingerprint density at radius 2 is 1.82 bits per heavy atom. The lowest BCUT2D eigenvalue weighted by Gasteiger charge is -2.12. The molecule has 6 nitrogen and oxygen atoms in total. The quantitative estimate of drug-likeness (QED) is 0.574. The van der Waals surface area contributed by atoms with Gasteiger partial charge in [0.15, 0.2) is 0 Å². The van der Waals surface area contributed by atoms with Gasteiger partial charge in [0.2, 0.25) is 17.7 Å². The molecule has 6 heteroatoms. The smallest absolute Gasteiger partial charge is 0.239 e. The highest BCUT2D eigenvalue weighted by atomic mass is 16.2. The molecule has 0 aromatic heterocycles. The molecule has 0 aliphatic carbocycles. The zero-order chi connectivity index (χ0) is 16.4. The second-order valence-corrected chi connectivity index (χ2v) is 5.23. The summed E-state index contributed by atoms with van der Waals surface area (Å²) in [6.45, 7) is 2.14. The Labute approximate surface area is 130 Å². The second kappa shape index (κ2) is 9.55. The number of amides is 3. The summed E-state index contributed by atoms with van der Waals surface area (Å²) >= 11 is 0. The third-order valence-corrected chi connectivity index (χ3v) is 3.18. The lowest BCUT2D eigenvalue weighted by molar-refractivity contribution is -0.128. The largest absolute Gasteiger partial charge is 0.370 e. The van der Waals surface area contributed by atoms with Gasteiger partial charge >= 0.3 is 0 Å². The fourth-order valence-electron chi connectivity index (χ4n) is 1.95. The molecule has 1 aromatic rings. The third-order valence-electron chi connectivity index (χ3n) is 3.18. The zero-order valence-corrected chi connectivity index (χ0v) is 12.8. The maximum absolute atomic E-state index is 11.9. The monoisotopic (exact) mass is 305 g/mol. The van der Waals surface area contributed by atoms with Crippen LogP contribution in [0.3, 0.4) is 0 Å². The highest BCUT2D eigenvalue weighted by molar-refractivity contribution is 5.85. The lowest BCUT2D eigenvalue weighted by Crippen LogP contribution is -2.39. The van der Waals surface area contributed by atoms with E-state index in [4.69, 9.17) is 5.73 Å². The molecule has 3 amide bonds. The summed E-state index contributed by atoms with van der Waals surface area (Å²) in [7, 11) is 0. The maximum Gasteiger partial charge on any atom is 0.239 e. The summed E-state index contributed by atoms with van der Waals surface area (Å²) in [5.41, 5.74) is 6.08. The molecule has 0 aliphatic rings. The van der Waals surface area contributed by atoms with Crippen molar-refractivity contribution in [2.45, 2.75) is 26.2 Å². The van der Waals surface area contributed by atoms with E-state index in [1.54, 1.807) is 0 Å². The van der Waals surface area contributed by atoms with Gasteiger partial charge in [-0.15, -0.1) is 0 Å². The number of primary amides is 1. The predicted molar refractivity (Wildman–Crippen MR) is 83.8 cm³/mol. The van der Waals surface area contributed by atoms with Crippen molar-refractivity contribution in [1.82, 2.24) is 10.6 Å². The number of nitrogens with one attached hydrogen (secondary N) is 2. The van der Waals surface area contributed by atoms with E-state index in [2.05, 4.69) is 10.6 Å². The van der Waals surface area contributed by atoms with Crippen molar-refractivity contribution >= 4 is 17.7 Å². The minimum absolute atomic E-state index is 0.0610. The van der Waals surface area contributed by atoms with Gasteiger partial charge in [-0.1, -0.05) is 37.3 Å². The van der Waals surface area contributed by atoms with E-state index in [0.717, 1.165) is 5.56 Å². The van der Waals surface area contributed by atoms with Crippen molar-refractivity contribution in [3.05, 3.63) is 35.9 Å². The lowest BCUT2D eigenvalue weighted by atomic mass is 10.0. The van der Waals surface area contributed by atoms with E-state index in [1.165, 1.54) is 0 Å². The Morgan fingerprint density at radius 1 is 1.14 bits per heavy atom. The van der Waals surface area contributed by atoms with Gasteiger partial charge in [-0.3, -0.25) is 14.4 Å². The van der Waals surface area contributed by atoms with E-state index in [1.807, 2.05) is 37.3 Å². The highest BCUT2D eigenvalue weighted by Gasteiger charge is 2.14. The van der Waals surface area contributed by atoms with E-state index in [0.29, 0.717) is 19.4 Å². The molecule has 4 N–H and O–H groups in total. The molecule has 120 valence electrons. The number of rotatable bonds is 9. The van der Waals surface area contributed by atoms with Gasteiger partial charge in [0.05, 0.1) is 6.54 Å². The molecule has 0 aliphatic heterocycles. The van der Waals surface area contributed by atoms with Crippen LogP contribution in [0.25, 0.3) is 0 Å². The van der Waals surface area contributed by atoms with Crippen molar-refractivity contribution in [2.24, 2.45) is 11.7 Å². The Balaban J connectivity index is 2.21. The summed E-state index contributed by atoms with van der Waals surface area (Å²) < 4.78 is 0. The predicted octanol–water partition coefficient (Wildman–Crippen LogP) is 0.363. The molecule has 1 atom stereocenters. The Bertz CT molecular complexity index is 503. The molecular formula is C16H23N3O3.